The number of carbonyl (C=O) groups excluding carboxylic acids is 2. The first kappa shape index (κ1) is 21.9. The van der Waals surface area contributed by atoms with Crippen molar-refractivity contribution in [1.29, 1.82) is 0 Å². The van der Waals surface area contributed by atoms with Crippen LogP contribution in [-0.2, 0) is 22.6 Å². The zero-order valence-corrected chi connectivity index (χ0v) is 17.0. The maximum absolute atomic E-state index is 13.0. The Morgan fingerprint density at radius 1 is 1.04 bits per heavy atom. The molecule has 0 aliphatic rings. The molecule has 0 saturated heterocycles. The van der Waals surface area contributed by atoms with Crippen molar-refractivity contribution in [2.75, 3.05) is 13.2 Å². The lowest BCUT2D eigenvalue weighted by atomic mass is 10.0. The van der Waals surface area contributed by atoms with Gasteiger partial charge in [0.2, 0.25) is 11.8 Å². The third kappa shape index (κ3) is 6.36. The van der Waals surface area contributed by atoms with E-state index in [4.69, 9.17) is 16.7 Å². The molecule has 5 nitrogen and oxygen atoms in total. The number of aliphatic hydroxyl groups excluding tert-OH is 1. The fraction of sp³-hybridized carbons (Fsp3) is 0.364. The first-order valence-corrected chi connectivity index (χ1v) is 9.77. The third-order valence-corrected chi connectivity index (χ3v) is 4.66. The van der Waals surface area contributed by atoms with Gasteiger partial charge in [-0.2, -0.15) is 0 Å². The van der Waals surface area contributed by atoms with Gasteiger partial charge in [0.05, 0.1) is 6.61 Å². The van der Waals surface area contributed by atoms with Crippen LogP contribution in [0, 0.1) is 5.92 Å². The van der Waals surface area contributed by atoms with Crippen LogP contribution in [0.25, 0.3) is 0 Å². The molecule has 0 aliphatic heterocycles. The number of nitrogens with one attached hydrogen (secondary N) is 1. The summed E-state index contributed by atoms with van der Waals surface area (Å²) in [7, 11) is 0. The average Bonchev–Trinajstić information content (AvgIpc) is 2.70. The maximum Gasteiger partial charge on any atom is 0.243 e. The smallest absolute Gasteiger partial charge is 0.243 e. The standard InChI is InChI=1S/C22H27ClN2O3/c1-16(2)22(28)25(15-18-8-10-19(23)11-9-18)20(21(27)24-12-13-26)14-17-6-4-3-5-7-17/h3-11,16,20,26H,12-15H2,1-2H3,(H,24,27)/t20-/m1/s1. The van der Waals surface area contributed by atoms with Crippen LogP contribution in [0.2, 0.25) is 5.02 Å². The highest BCUT2D eigenvalue weighted by atomic mass is 35.5. The van der Waals surface area contributed by atoms with Gasteiger partial charge in [0.15, 0.2) is 0 Å². The van der Waals surface area contributed by atoms with Crippen LogP contribution in [0.5, 0.6) is 0 Å². The summed E-state index contributed by atoms with van der Waals surface area (Å²) in [4.78, 5) is 27.5. The molecule has 0 fully saturated rings. The van der Waals surface area contributed by atoms with Gasteiger partial charge in [-0.3, -0.25) is 9.59 Å². The number of hydrogen-bond donors (Lipinski definition) is 2. The van der Waals surface area contributed by atoms with Crippen LogP contribution in [0.15, 0.2) is 54.6 Å². The molecular weight excluding hydrogens is 376 g/mol. The van der Waals surface area contributed by atoms with E-state index in [1.54, 1.807) is 17.0 Å². The van der Waals surface area contributed by atoms with Gasteiger partial charge in [0, 0.05) is 30.5 Å². The van der Waals surface area contributed by atoms with Gasteiger partial charge in [-0.15, -0.1) is 0 Å². The first-order valence-electron chi connectivity index (χ1n) is 9.39. The van der Waals surface area contributed by atoms with Gasteiger partial charge < -0.3 is 15.3 Å². The van der Waals surface area contributed by atoms with Crippen LogP contribution in [0.4, 0.5) is 0 Å². The van der Waals surface area contributed by atoms with Crippen molar-refractivity contribution in [3.63, 3.8) is 0 Å². The van der Waals surface area contributed by atoms with E-state index in [0.717, 1.165) is 11.1 Å². The summed E-state index contributed by atoms with van der Waals surface area (Å²) in [5.74, 6) is -0.632. The second-order valence-electron chi connectivity index (χ2n) is 6.97. The van der Waals surface area contributed by atoms with Gasteiger partial charge in [-0.05, 0) is 23.3 Å². The van der Waals surface area contributed by atoms with Crippen molar-refractivity contribution in [2.45, 2.75) is 32.9 Å². The average molecular weight is 403 g/mol. The van der Waals surface area contributed by atoms with Gasteiger partial charge in [0.1, 0.15) is 6.04 Å². The predicted molar refractivity (Wildman–Crippen MR) is 111 cm³/mol. The van der Waals surface area contributed by atoms with Gasteiger partial charge >= 0.3 is 0 Å². The highest BCUT2D eigenvalue weighted by molar-refractivity contribution is 6.30. The summed E-state index contributed by atoms with van der Waals surface area (Å²) >= 11 is 5.97. The normalized spacial score (nSPS) is 11.9. The molecule has 2 aromatic rings. The van der Waals surface area contributed by atoms with E-state index in [2.05, 4.69) is 5.32 Å². The first-order chi connectivity index (χ1) is 13.4. The van der Waals surface area contributed by atoms with Crippen molar-refractivity contribution in [3.8, 4) is 0 Å². The summed E-state index contributed by atoms with van der Waals surface area (Å²) in [5.41, 5.74) is 1.86. The molecule has 2 amide bonds. The number of nitrogens with zero attached hydrogens (tertiary/aromatic N) is 1. The zero-order chi connectivity index (χ0) is 20.5. The van der Waals surface area contributed by atoms with E-state index in [9.17, 15) is 9.59 Å². The number of rotatable bonds is 9. The predicted octanol–water partition coefficient (Wildman–Crippen LogP) is 3.04. The molecule has 2 aromatic carbocycles. The Hall–Kier alpha value is -2.37. The lowest BCUT2D eigenvalue weighted by molar-refractivity contribution is -0.143. The number of aliphatic hydroxyl groups is 1. The second kappa shape index (κ2) is 10.8. The van der Waals surface area contributed by atoms with Crippen LogP contribution >= 0.6 is 11.6 Å². The lowest BCUT2D eigenvalue weighted by Crippen LogP contribution is -2.52. The van der Waals surface area contributed by atoms with E-state index in [0.29, 0.717) is 18.0 Å². The van der Waals surface area contributed by atoms with Crippen LogP contribution in [-0.4, -0.2) is 41.0 Å². The summed E-state index contributed by atoms with van der Waals surface area (Å²) in [6.45, 7) is 3.94. The molecule has 6 heteroatoms. The summed E-state index contributed by atoms with van der Waals surface area (Å²) in [5, 5.41) is 12.4. The molecule has 0 spiro atoms. The van der Waals surface area contributed by atoms with Crippen molar-refractivity contribution in [1.82, 2.24) is 10.2 Å². The molecule has 2 rings (SSSR count). The molecule has 150 valence electrons. The molecule has 0 radical (unpaired) electrons. The van der Waals surface area contributed by atoms with Crippen LogP contribution in [0.3, 0.4) is 0 Å². The molecule has 0 heterocycles. The Balaban J connectivity index is 2.35. The van der Waals surface area contributed by atoms with Gasteiger partial charge in [0.25, 0.3) is 0 Å². The van der Waals surface area contributed by atoms with Gasteiger partial charge in [-0.1, -0.05) is 67.9 Å². The minimum atomic E-state index is -0.681. The zero-order valence-electron chi connectivity index (χ0n) is 16.3. The number of hydrogen-bond acceptors (Lipinski definition) is 3. The number of carbonyl (C=O) groups is 2. The van der Waals surface area contributed by atoms with Crippen molar-refractivity contribution < 1.29 is 14.7 Å². The summed E-state index contributed by atoms with van der Waals surface area (Å²) < 4.78 is 0. The molecule has 0 saturated carbocycles. The summed E-state index contributed by atoms with van der Waals surface area (Å²) in [6, 6.07) is 16.2. The minimum Gasteiger partial charge on any atom is -0.395 e. The number of halogens is 1. The Morgan fingerprint density at radius 3 is 2.25 bits per heavy atom. The fourth-order valence-electron chi connectivity index (χ4n) is 2.94. The molecule has 0 unspecified atom stereocenters. The molecule has 0 bridgehead atoms. The van der Waals surface area contributed by atoms with Crippen molar-refractivity contribution in [2.24, 2.45) is 5.92 Å². The van der Waals surface area contributed by atoms with E-state index in [1.807, 2.05) is 56.3 Å². The molecule has 0 aromatic heterocycles. The summed E-state index contributed by atoms with van der Waals surface area (Å²) in [6.07, 6.45) is 0.393. The van der Waals surface area contributed by atoms with E-state index >= 15 is 0 Å². The molecule has 28 heavy (non-hydrogen) atoms. The molecular formula is C22H27ClN2O3. The monoisotopic (exact) mass is 402 g/mol. The molecule has 1 atom stereocenters. The highest BCUT2D eigenvalue weighted by Crippen LogP contribution is 2.18. The van der Waals surface area contributed by atoms with Crippen LogP contribution in [0.1, 0.15) is 25.0 Å². The quantitative estimate of drug-likeness (QED) is 0.677. The third-order valence-electron chi connectivity index (χ3n) is 4.40. The largest absolute Gasteiger partial charge is 0.395 e. The Labute approximate surface area is 171 Å². The SMILES string of the molecule is CC(C)C(=O)N(Cc1ccc(Cl)cc1)[C@H](Cc1ccccc1)C(=O)NCCO. The Kier molecular flexibility index (Phi) is 8.48. The van der Waals surface area contributed by atoms with E-state index < -0.39 is 6.04 Å². The molecule has 0 aliphatic carbocycles. The Bertz CT molecular complexity index is 763. The number of amides is 2. The topological polar surface area (TPSA) is 69.6 Å². The molecule has 2 N–H and O–H groups in total. The Morgan fingerprint density at radius 2 is 1.68 bits per heavy atom. The highest BCUT2D eigenvalue weighted by Gasteiger charge is 2.31. The lowest BCUT2D eigenvalue weighted by Gasteiger charge is -2.32. The van der Waals surface area contributed by atoms with Crippen molar-refractivity contribution in [3.05, 3.63) is 70.7 Å². The maximum atomic E-state index is 13.0. The van der Waals surface area contributed by atoms with E-state index in [-0.39, 0.29) is 30.9 Å². The minimum absolute atomic E-state index is 0.102. The fourth-order valence-corrected chi connectivity index (χ4v) is 3.06. The van der Waals surface area contributed by atoms with E-state index in [1.165, 1.54) is 0 Å². The van der Waals surface area contributed by atoms with Crippen LogP contribution < -0.4 is 5.32 Å². The number of benzene rings is 2. The van der Waals surface area contributed by atoms with Gasteiger partial charge in [-0.25, -0.2) is 0 Å². The second-order valence-corrected chi connectivity index (χ2v) is 7.40. The van der Waals surface area contributed by atoms with Crippen molar-refractivity contribution >= 4 is 23.4 Å².